The molecule has 7 heteroatoms. The van der Waals surface area contributed by atoms with Crippen molar-refractivity contribution in [1.82, 2.24) is 15.1 Å². The lowest BCUT2D eigenvalue weighted by atomic mass is 10.1. The van der Waals surface area contributed by atoms with Gasteiger partial charge in [-0.25, -0.2) is 0 Å². The second-order valence-electron chi connectivity index (χ2n) is 7.95. The molecule has 4 rings (SSSR count). The van der Waals surface area contributed by atoms with Gasteiger partial charge in [0.2, 0.25) is 0 Å². The van der Waals surface area contributed by atoms with Crippen molar-refractivity contribution < 1.29 is 9.53 Å². The molecule has 1 saturated carbocycles. The van der Waals surface area contributed by atoms with Crippen LogP contribution < -0.4 is 10.1 Å². The second kappa shape index (κ2) is 9.56. The summed E-state index contributed by atoms with van der Waals surface area (Å²) < 4.78 is 6.02. The van der Waals surface area contributed by atoms with E-state index in [2.05, 4.69) is 10.2 Å². The van der Waals surface area contributed by atoms with E-state index < -0.39 is 0 Å². The zero-order valence-corrected chi connectivity index (χ0v) is 18.7. The van der Waals surface area contributed by atoms with Crippen LogP contribution in [-0.4, -0.2) is 55.0 Å². The molecule has 0 radical (unpaired) electrons. The van der Waals surface area contributed by atoms with E-state index in [1.54, 1.807) is 12.1 Å². The molecule has 5 nitrogen and oxygen atoms in total. The molecule has 0 atom stereocenters. The highest BCUT2D eigenvalue weighted by Crippen LogP contribution is 2.28. The minimum atomic E-state index is 0.0961. The van der Waals surface area contributed by atoms with Crippen LogP contribution in [0.1, 0.15) is 34.3 Å². The number of hydrogen-bond donors (Lipinski definition) is 1. The van der Waals surface area contributed by atoms with Gasteiger partial charge in [0.25, 0.3) is 5.91 Å². The topological polar surface area (TPSA) is 44.8 Å². The third-order valence-corrected chi connectivity index (χ3v) is 6.46. The van der Waals surface area contributed by atoms with E-state index in [1.165, 1.54) is 12.8 Å². The van der Waals surface area contributed by atoms with Crippen molar-refractivity contribution >= 4 is 29.1 Å². The number of nitrogens with zero attached hydrogens (tertiary/aromatic N) is 2. The summed E-state index contributed by atoms with van der Waals surface area (Å²) >= 11 is 12.1. The maximum absolute atomic E-state index is 13.0. The summed E-state index contributed by atoms with van der Waals surface area (Å²) in [5.74, 6) is 0.851. The maximum atomic E-state index is 13.0. The summed E-state index contributed by atoms with van der Waals surface area (Å²) in [6.45, 7) is 4.55. The summed E-state index contributed by atoms with van der Waals surface area (Å²) in [5, 5.41) is 4.20. The van der Waals surface area contributed by atoms with Crippen LogP contribution in [0.4, 0.5) is 0 Å². The molecule has 1 heterocycles. The Labute approximate surface area is 187 Å². The third kappa shape index (κ3) is 5.09. The molecule has 2 aromatic rings. The van der Waals surface area contributed by atoms with E-state index >= 15 is 0 Å². The summed E-state index contributed by atoms with van der Waals surface area (Å²) in [6, 6.07) is 11.9. The fourth-order valence-electron chi connectivity index (χ4n) is 3.88. The lowest BCUT2D eigenvalue weighted by molar-refractivity contribution is 0.0627. The van der Waals surface area contributed by atoms with E-state index in [0.717, 1.165) is 49.1 Å². The summed E-state index contributed by atoms with van der Waals surface area (Å²) in [6.07, 6.45) is 2.62. The first-order valence-corrected chi connectivity index (χ1v) is 11.2. The van der Waals surface area contributed by atoms with E-state index in [1.807, 2.05) is 36.2 Å². The minimum absolute atomic E-state index is 0.0961. The van der Waals surface area contributed by atoms with Gasteiger partial charge in [0, 0.05) is 49.9 Å². The van der Waals surface area contributed by atoms with Gasteiger partial charge in [0.05, 0.1) is 10.0 Å². The van der Waals surface area contributed by atoms with E-state index in [4.69, 9.17) is 27.9 Å². The molecule has 0 unspecified atom stereocenters. The SMILES string of the molecule is CNCc1cc(C(=O)N2CCN(C3CC3)CC2)ccc1OCc1ccc(Cl)c(Cl)c1. The molecule has 1 amide bonds. The van der Waals surface area contributed by atoms with Crippen LogP contribution in [0.3, 0.4) is 0 Å². The van der Waals surface area contributed by atoms with Gasteiger partial charge in [-0.05, 0) is 55.8 Å². The standard InChI is InChI=1S/C23H27Cl2N3O2/c1-26-14-18-13-17(23(29)28-10-8-27(9-11-28)19-4-5-19)3-7-22(18)30-15-16-2-6-20(24)21(25)12-16/h2-3,6-7,12-13,19,26H,4-5,8-11,14-15H2,1H3. The molecule has 160 valence electrons. The first-order valence-electron chi connectivity index (χ1n) is 10.4. The van der Waals surface area contributed by atoms with E-state index in [0.29, 0.717) is 28.8 Å². The highest BCUT2D eigenvalue weighted by molar-refractivity contribution is 6.42. The van der Waals surface area contributed by atoms with Crippen LogP contribution in [0, 0.1) is 0 Å². The molecule has 2 aliphatic rings. The lowest BCUT2D eigenvalue weighted by Crippen LogP contribution is -2.49. The van der Waals surface area contributed by atoms with Crippen molar-refractivity contribution in [2.24, 2.45) is 0 Å². The summed E-state index contributed by atoms with van der Waals surface area (Å²) in [7, 11) is 1.88. The lowest BCUT2D eigenvalue weighted by Gasteiger charge is -2.35. The smallest absolute Gasteiger partial charge is 0.253 e. The summed E-state index contributed by atoms with van der Waals surface area (Å²) in [5.41, 5.74) is 2.61. The Balaban J connectivity index is 1.42. The third-order valence-electron chi connectivity index (χ3n) is 5.72. The Morgan fingerprint density at radius 2 is 1.83 bits per heavy atom. The van der Waals surface area contributed by atoms with Crippen LogP contribution in [0.5, 0.6) is 5.75 Å². The van der Waals surface area contributed by atoms with Crippen molar-refractivity contribution in [1.29, 1.82) is 0 Å². The predicted molar refractivity (Wildman–Crippen MR) is 120 cm³/mol. The van der Waals surface area contributed by atoms with Crippen LogP contribution in [0.25, 0.3) is 0 Å². The van der Waals surface area contributed by atoms with Gasteiger partial charge in [-0.3, -0.25) is 9.69 Å². The molecule has 0 spiro atoms. The Hall–Kier alpha value is -1.79. The largest absolute Gasteiger partial charge is 0.489 e. The zero-order valence-electron chi connectivity index (χ0n) is 17.2. The average molecular weight is 448 g/mol. The number of amides is 1. The highest BCUT2D eigenvalue weighted by atomic mass is 35.5. The van der Waals surface area contributed by atoms with Crippen molar-refractivity contribution in [2.75, 3.05) is 33.2 Å². The molecular weight excluding hydrogens is 421 g/mol. The van der Waals surface area contributed by atoms with Crippen LogP contribution in [0.2, 0.25) is 10.0 Å². The van der Waals surface area contributed by atoms with E-state index in [9.17, 15) is 4.79 Å². The molecule has 1 aliphatic carbocycles. The monoisotopic (exact) mass is 447 g/mol. The quantitative estimate of drug-likeness (QED) is 0.690. The molecule has 2 fully saturated rings. The molecule has 1 aliphatic heterocycles. The zero-order chi connectivity index (χ0) is 21.1. The molecule has 1 N–H and O–H groups in total. The maximum Gasteiger partial charge on any atom is 0.253 e. The summed E-state index contributed by atoms with van der Waals surface area (Å²) in [4.78, 5) is 17.5. The molecule has 0 aromatic heterocycles. The molecule has 30 heavy (non-hydrogen) atoms. The van der Waals surface area contributed by atoms with Gasteiger partial charge in [-0.2, -0.15) is 0 Å². The average Bonchev–Trinajstić information content (AvgIpc) is 3.60. The number of halogens is 2. The van der Waals surface area contributed by atoms with Crippen LogP contribution in [-0.2, 0) is 13.2 Å². The Bertz CT molecular complexity index is 909. The molecular formula is C23H27Cl2N3O2. The van der Waals surface area contributed by atoms with Gasteiger partial charge in [-0.15, -0.1) is 0 Å². The fraction of sp³-hybridized carbons (Fsp3) is 0.435. The number of benzene rings is 2. The number of piperazine rings is 1. The predicted octanol–water partition coefficient (Wildman–Crippen LogP) is 4.21. The number of carbonyl (C=O) groups is 1. The van der Waals surface area contributed by atoms with Gasteiger partial charge in [-0.1, -0.05) is 29.3 Å². The van der Waals surface area contributed by atoms with Gasteiger partial charge in [0.1, 0.15) is 12.4 Å². The highest BCUT2D eigenvalue weighted by Gasteiger charge is 2.32. The number of rotatable bonds is 7. The fourth-order valence-corrected chi connectivity index (χ4v) is 4.21. The number of hydrogen-bond acceptors (Lipinski definition) is 4. The van der Waals surface area contributed by atoms with Crippen LogP contribution in [0.15, 0.2) is 36.4 Å². The van der Waals surface area contributed by atoms with Gasteiger partial charge >= 0.3 is 0 Å². The van der Waals surface area contributed by atoms with Crippen LogP contribution >= 0.6 is 23.2 Å². The minimum Gasteiger partial charge on any atom is -0.489 e. The van der Waals surface area contributed by atoms with E-state index in [-0.39, 0.29) is 5.91 Å². The Kier molecular flexibility index (Phi) is 6.84. The molecule has 0 bridgehead atoms. The molecule has 1 saturated heterocycles. The Morgan fingerprint density at radius 1 is 1.07 bits per heavy atom. The number of carbonyl (C=O) groups excluding carboxylic acids is 1. The van der Waals surface area contributed by atoms with Gasteiger partial charge in [0.15, 0.2) is 0 Å². The second-order valence-corrected chi connectivity index (χ2v) is 8.76. The van der Waals surface area contributed by atoms with Gasteiger partial charge < -0.3 is 15.0 Å². The van der Waals surface area contributed by atoms with Crippen molar-refractivity contribution in [3.63, 3.8) is 0 Å². The number of ether oxygens (including phenoxy) is 1. The van der Waals surface area contributed by atoms with Crippen molar-refractivity contribution in [3.8, 4) is 5.75 Å². The van der Waals surface area contributed by atoms with Crippen molar-refractivity contribution in [2.45, 2.75) is 32.0 Å². The normalized spacial score (nSPS) is 17.2. The first-order chi connectivity index (χ1) is 14.5. The first kappa shape index (κ1) is 21.4. The van der Waals surface area contributed by atoms with Crippen molar-refractivity contribution in [3.05, 3.63) is 63.1 Å². The number of nitrogens with one attached hydrogen (secondary N) is 1. The Morgan fingerprint density at radius 3 is 2.50 bits per heavy atom. The molecule has 2 aromatic carbocycles.